The SMILES string of the molecule is Cc1ccc(C2(NC(=O)N3CCC4(CCN(C)CC4)C3)CC2)cc1. The number of benzene rings is 1. The van der Waals surface area contributed by atoms with E-state index in [-0.39, 0.29) is 11.6 Å². The second-order valence-corrected chi connectivity index (χ2v) is 8.35. The summed E-state index contributed by atoms with van der Waals surface area (Å²) in [5, 5.41) is 3.35. The van der Waals surface area contributed by atoms with Crippen LogP contribution in [0.3, 0.4) is 0 Å². The monoisotopic (exact) mass is 327 g/mol. The summed E-state index contributed by atoms with van der Waals surface area (Å²) in [6.45, 7) is 6.30. The van der Waals surface area contributed by atoms with Gasteiger partial charge in [-0.15, -0.1) is 0 Å². The van der Waals surface area contributed by atoms with Crippen molar-refractivity contribution in [3.05, 3.63) is 35.4 Å². The minimum atomic E-state index is -0.104. The summed E-state index contributed by atoms with van der Waals surface area (Å²) in [7, 11) is 2.20. The third-order valence-corrected chi connectivity index (χ3v) is 6.47. The molecule has 0 unspecified atom stereocenters. The lowest BCUT2D eigenvalue weighted by Crippen LogP contribution is -2.46. The summed E-state index contributed by atoms with van der Waals surface area (Å²) < 4.78 is 0. The second kappa shape index (κ2) is 5.76. The van der Waals surface area contributed by atoms with Crippen LogP contribution < -0.4 is 5.32 Å². The fourth-order valence-electron chi connectivity index (χ4n) is 4.38. The van der Waals surface area contributed by atoms with Crippen molar-refractivity contribution in [3.8, 4) is 0 Å². The molecular formula is C20H29N3O. The fraction of sp³-hybridized carbons (Fsp3) is 0.650. The van der Waals surface area contributed by atoms with Crippen LogP contribution >= 0.6 is 0 Å². The molecule has 1 spiro atoms. The molecule has 2 heterocycles. The van der Waals surface area contributed by atoms with Gasteiger partial charge in [-0.05, 0) is 70.1 Å². The number of amides is 2. The Morgan fingerprint density at radius 3 is 2.25 bits per heavy atom. The standard InChI is InChI=1S/C20H29N3O/c1-16-3-5-17(6-4-16)20(7-8-20)21-18(24)23-14-11-19(15-23)9-12-22(2)13-10-19/h3-6H,7-15H2,1-2H3,(H,21,24). The van der Waals surface area contributed by atoms with E-state index < -0.39 is 0 Å². The minimum Gasteiger partial charge on any atom is -0.328 e. The zero-order chi connectivity index (χ0) is 16.8. The molecule has 1 aromatic carbocycles. The average Bonchev–Trinajstić information content (AvgIpc) is 3.23. The fourth-order valence-corrected chi connectivity index (χ4v) is 4.38. The molecule has 24 heavy (non-hydrogen) atoms. The first-order chi connectivity index (χ1) is 11.5. The maximum Gasteiger partial charge on any atom is 0.318 e. The summed E-state index contributed by atoms with van der Waals surface area (Å²) in [5.74, 6) is 0. The molecule has 2 aliphatic heterocycles. The van der Waals surface area contributed by atoms with Crippen LogP contribution in [-0.2, 0) is 5.54 Å². The second-order valence-electron chi connectivity index (χ2n) is 8.35. The van der Waals surface area contributed by atoms with Crippen LogP contribution in [0.25, 0.3) is 0 Å². The molecule has 1 aliphatic carbocycles. The largest absolute Gasteiger partial charge is 0.328 e. The smallest absolute Gasteiger partial charge is 0.318 e. The zero-order valence-corrected chi connectivity index (χ0v) is 15.0. The number of urea groups is 1. The third-order valence-electron chi connectivity index (χ3n) is 6.47. The molecule has 4 heteroatoms. The van der Waals surface area contributed by atoms with Crippen LogP contribution in [0.5, 0.6) is 0 Å². The Labute approximate surface area is 145 Å². The Bertz CT molecular complexity index is 612. The maximum atomic E-state index is 12.8. The molecule has 1 N–H and O–H groups in total. The van der Waals surface area contributed by atoms with E-state index in [0.717, 1.165) is 25.9 Å². The molecule has 4 rings (SSSR count). The lowest BCUT2D eigenvalue weighted by Gasteiger charge is -2.37. The molecule has 2 saturated heterocycles. The molecule has 2 amide bonds. The van der Waals surface area contributed by atoms with Crippen molar-refractivity contribution in [1.82, 2.24) is 15.1 Å². The molecular weight excluding hydrogens is 298 g/mol. The molecule has 0 atom stereocenters. The van der Waals surface area contributed by atoms with Crippen molar-refractivity contribution in [2.75, 3.05) is 33.2 Å². The van der Waals surface area contributed by atoms with Gasteiger partial charge >= 0.3 is 6.03 Å². The van der Waals surface area contributed by atoms with Crippen molar-refractivity contribution >= 4 is 6.03 Å². The summed E-state index contributed by atoms with van der Waals surface area (Å²) in [4.78, 5) is 17.3. The summed E-state index contributed by atoms with van der Waals surface area (Å²) in [6, 6.07) is 8.77. The number of hydrogen-bond acceptors (Lipinski definition) is 2. The van der Waals surface area contributed by atoms with Gasteiger partial charge < -0.3 is 15.1 Å². The topological polar surface area (TPSA) is 35.6 Å². The van der Waals surface area contributed by atoms with Crippen LogP contribution in [0, 0.1) is 12.3 Å². The van der Waals surface area contributed by atoms with E-state index in [1.54, 1.807) is 0 Å². The van der Waals surface area contributed by atoms with Crippen LogP contribution in [0.1, 0.15) is 43.2 Å². The van der Waals surface area contributed by atoms with Crippen LogP contribution in [0.15, 0.2) is 24.3 Å². The van der Waals surface area contributed by atoms with Crippen LogP contribution in [-0.4, -0.2) is 49.1 Å². The molecule has 3 fully saturated rings. The highest BCUT2D eigenvalue weighted by molar-refractivity contribution is 5.76. The number of nitrogens with zero attached hydrogens (tertiary/aromatic N) is 2. The first-order valence-corrected chi connectivity index (χ1v) is 9.33. The van der Waals surface area contributed by atoms with E-state index in [9.17, 15) is 4.79 Å². The van der Waals surface area contributed by atoms with E-state index >= 15 is 0 Å². The summed E-state index contributed by atoms with van der Waals surface area (Å²) >= 11 is 0. The molecule has 1 saturated carbocycles. The minimum absolute atomic E-state index is 0.104. The summed E-state index contributed by atoms with van der Waals surface area (Å²) in [6.07, 6.45) is 5.76. The number of carbonyl (C=O) groups excluding carboxylic acids is 1. The molecule has 3 aliphatic rings. The highest BCUT2D eigenvalue weighted by Crippen LogP contribution is 2.46. The van der Waals surface area contributed by atoms with Gasteiger partial charge in [-0.25, -0.2) is 4.79 Å². The first kappa shape index (κ1) is 15.9. The maximum absolute atomic E-state index is 12.8. The number of likely N-dealkylation sites (tertiary alicyclic amines) is 2. The molecule has 0 radical (unpaired) electrons. The highest BCUT2D eigenvalue weighted by Gasteiger charge is 2.48. The van der Waals surface area contributed by atoms with Crippen molar-refractivity contribution in [2.45, 2.75) is 44.6 Å². The van der Waals surface area contributed by atoms with Crippen molar-refractivity contribution in [1.29, 1.82) is 0 Å². The van der Waals surface area contributed by atoms with Crippen molar-refractivity contribution in [2.24, 2.45) is 5.41 Å². The quantitative estimate of drug-likeness (QED) is 0.906. The predicted molar refractivity (Wildman–Crippen MR) is 96.0 cm³/mol. The lowest BCUT2D eigenvalue weighted by atomic mass is 9.78. The summed E-state index contributed by atoms with van der Waals surface area (Å²) in [5.41, 5.74) is 2.80. The zero-order valence-electron chi connectivity index (χ0n) is 15.0. The molecule has 0 bridgehead atoms. The van der Waals surface area contributed by atoms with Gasteiger partial charge in [0.2, 0.25) is 0 Å². The number of piperidine rings is 1. The number of carbonyl (C=O) groups is 1. The average molecular weight is 327 g/mol. The molecule has 1 aromatic rings. The Balaban J connectivity index is 1.39. The van der Waals surface area contributed by atoms with Gasteiger partial charge in [0.15, 0.2) is 0 Å². The van der Waals surface area contributed by atoms with Gasteiger partial charge in [-0.2, -0.15) is 0 Å². The van der Waals surface area contributed by atoms with E-state index in [2.05, 4.69) is 53.4 Å². The molecule has 4 nitrogen and oxygen atoms in total. The van der Waals surface area contributed by atoms with Gasteiger partial charge in [0.05, 0.1) is 5.54 Å². The third kappa shape index (κ3) is 2.92. The number of nitrogens with one attached hydrogen (secondary N) is 1. The number of hydrogen-bond donors (Lipinski definition) is 1. The van der Waals surface area contributed by atoms with Gasteiger partial charge in [0.25, 0.3) is 0 Å². The molecule has 0 aromatic heterocycles. The van der Waals surface area contributed by atoms with E-state index in [1.807, 2.05) is 0 Å². The van der Waals surface area contributed by atoms with Crippen molar-refractivity contribution in [3.63, 3.8) is 0 Å². The highest BCUT2D eigenvalue weighted by atomic mass is 16.2. The van der Waals surface area contributed by atoms with Gasteiger partial charge in [-0.1, -0.05) is 29.8 Å². The van der Waals surface area contributed by atoms with Gasteiger partial charge in [-0.3, -0.25) is 0 Å². The van der Waals surface area contributed by atoms with Gasteiger partial charge in [0.1, 0.15) is 0 Å². The number of aryl methyl sites for hydroxylation is 1. The normalized spacial score (nSPS) is 25.0. The Kier molecular flexibility index (Phi) is 3.83. The van der Waals surface area contributed by atoms with Crippen molar-refractivity contribution < 1.29 is 4.79 Å². The van der Waals surface area contributed by atoms with E-state index in [1.165, 1.54) is 43.5 Å². The van der Waals surface area contributed by atoms with E-state index in [4.69, 9.17) is 0 Å². The number of rotatable bonds is 2. The van der Waals surface area contributed by atoms with Crippen LogP contribution in [0.2, 0.25) is 0 Å². The molecule has 130 valence electrons. The van der Waals surface area contributed by atoms with E-state index in [0.29, 0.717) is 5.41 Å². The predicted octanol–water partition coefficient (Wildman–Crippen LogP) is 3.11. The lowest BCUT2D eigenvalue weighted by molar-refractivity contribution is 0.127. The van der Waals surface area contributed by atoms with Gasteiger partial charge in [0, 0.05) is 13.1 Å². The Morgan fingerprint density at radius 2 is 1.62 bits per heavy atom. The first-order valence-electron chi connectivity index (χ1n) is 9.33. The van der Waals surface area contributed by atoms with Crippen LogP contribution in [0.4, 0.5) is 4.79 Å². The Morgan fingerprint density at radius 1 is 1.00 bits per heavy atom. The Hall–Kier alpha value is -1.55.